The Morgan fingerprint density at radius 3 is 2.48 bits per heavy atom. The summed E-state index contributed by atoms with van der Waals surface area (Å²) in [6, 6.07) is 21.4. The highest BCUT2D eigenvalue weighted by atomic mass is 35.5. The maximum Gasteiger partial charge on any atom is 0.251 e. The molecule has 3 aromatic carbocycles. The van der Waals surface area contributed by atoms with E-state index in [9.17, 15) is 9.59 Å². The summed E-state index contributed by atoms with van der Waals surface area (Å²) in [6.07, 6.45) is 0.124. The molecular formula is C24H18ClN3O3. The van der Waals surface area contributed by atoms with Crippen molar-refractivity contribution in [1.82, 2.24) is 10.3 Å². The molecule has 1 unspecified atom stereocenters. The van der Waals surface area contributed by atoms with Gasteiger partial charge in [0.05, 0.1) is 18.2 Å². The lowest BCUT2D eigenvalue weighted by Crippen LogP contribution is -2.38. The molecule has 7 heteroatoms. The molecular weight excluding hydrogens is 414 g/mol. The Kier molecular flexibility index (Phi) is 5.02. The lowest BCUT2D eigenvalue weighted by molar-refractivity contribution is -0.121. The van der Waals surface area contributed by atoms with Crippen molar-refractivity contribution in [1.29, 1.82) is 0 Å². The topological polar surface area (TPSA) is 75.4 Å². The van der Waals surface area contributed by atoms with E-state index in [2.05, 4.69) is 10.3 Å². The molecule has 1 aliphatic heterocycles. The first kappa shape index (κ1) is 19.5. The van der Waals surface area contributed by atoms with E-state index in [1.54, 1.807) is 36.4 Å². The molecule has 0 spiro atoms. The van der Waals surface area contributed by atoms with E-state index < -0.39 is 6.04 Å². The zero-order valence-corrected chi connectivity index (χ0v) is 17.2. The van der Waals surface area contributed by atoms with Crippen molar-refractivity contribution in [2.75, 3.05) is 4.90 Å². The van der Waals surface area contributed by atoms with Crippen LogP contribution in [0.2, 0.25) is 5.02 Å². The average Bonchev–Trinajstić information content (AvgIpc) is 3.34. The van der Waals surface area contributed by atoms with Gasteiger partial charge in [-0.1, -0.05) is 35.9 Å². The van der Waals surface area contributed by atoms with Crippen molar-refractivity contribution in [2.45, 2.75) is 19.0 Å². The van der Waals surface area contributed by atoms with Crippen LogP contribution >= 0.6 is 11.6 Å². The van der Waals surface area contributed by atoms with Gasteiger partial charge in [-0.05, 0) is 54.1 Å². The number of oxazole rings is 1. The van der Waals surface area contributed by atoms with Crippen molar-refractivity contribution in [3.8, 4) is 11.5 Å². The van der Waals surface area contributed by atoms with Gasteiger partial charge < -0.3 is 9.73 Å². The molecule has 1 N–H and O–H groups in total. The summed E-state index contributed by atoms with van der Waals surface area (Å²) in [5.41, 5.74) is 3.79. The summed E-state index contributed by atoms with van der Waals surface area (Å²) in [6.45, 7) is 0.478. The minimum atomic E-state index is -0.556. The van der Waals surface area contributed by atoms with Crippen LogP contribution in [0, 0.1) is 0 Å². The fourth-order valence-corrected chi connectivity index (χ4v) is 3.78. The third-order valence-electron chi connectivity index (χ3n) is 5.28. The van der Waals surface area contributed by atoms with Crippen LogP contribution in [-0.2, 0) is 16.1 Å². The van der Waals surface area contributed by atoms with Crippen LogP contribution in [0.4, 0.5) is 5.69 Å². The Labute approximate surface area is 183 Å². The molecule has 2 amide bonds. The minimum Gasteiger partial charge on any atom is -0.436 e. The van der Waals surface area contributed by atoms with Crippen molar-refractivity contribution < 1.29 is 14.0 Å². The van der Waals surface area contributed by atoms with Gasteiger partial charge in [0, 0.05) is 17.1 Å². The number of nitrogens with one attached hydrogen (secondary N) is 1. The molecule has 2 heterocycles. The molecule has 0 aliphatic carbocycles. The van der Waals surface area contributed by atoms with Crippen LogP contribution in [0.1, 0.15) is 12.0 Å². The average molecular weight is 432 g/mol. The SMILES string of the molecule is O=C1CC(NCc2ccc(Cl)cc2)C(=O)N1c1ccc(-c2nc3ccccc3o2)cc1. The Morgan fingerprint density at radius 1 is 1.00 bits per heavy atom. The van der Waals surface area contributed by atoms with E-state index in [1.165, 1.54) is 4.90 Å². The van der Waals surface area contributed by atoms with Crippen molar-refractivity contribution in [3.05, 3.63) is 83.4 Å². The molecule has 5 rings (SSSR count). The molecule has 1 atom stereocenters. The maximum absolute atomic E-state index is 12.9. The Hall–Kier alpha value is -3.48. The highest BCUT2D eigenvalue weighted by Gasteiger charge is 2.39. The summed E-state index contributed by atoms with van der Waals surface area (Å²) >= 11 is 5.90. The normalized spacial score (nSPS) is 16.4. The van der Waals surface area contributed by atoms with E-state index >= 15 is 0 Å². The number of carbonyl (C=O) groups is 2. The number of benzene rings is 3. The number of hydrogen-bond acceptors (Lipinski definition) is 5. The second-order valence-electron chi connectivity index (χ2n) is 7.37. The van der Waals surface area contributed by atoms with Crippen LogP contribution in [0.5, 0.6) is 0 Å². The highest BCUT2D eigenvalue weighted by molar-refractivity contribution is 6.30. The van der Waals surface area contributed by atoms with Gasteiger partial charge in [-0.25, -0.2) is 9.88 Å². The molecule has 154 valence electrons. The number of anilines is 1. The molecule has 31 heavy (non-hydrogen) atoms. The number of carbonyl (C=O) groups excluding carboxylic acids is 2. The summed E-state index contributed by atoms with van der Waals surface area (Å²) in [7, 11) is 0. The number of aromatic nitrogens is 1. The standard InChI is InChI=1S/C24H18ClN3O3/c25-17-9-5-15(6-10-17)14-26-20-13-22(29)28(24(20)30)18-11-7-16(8-12-18)23-27-19-3-1-2-4-21(19)31-23/h1-12,20,26H,13-14H2. The maximum atomic E-state index is 12.9. The van der Waals surface area contributed by atoms with Crippen molar-refractivity contribution >= 4 is 40.2 Å². The monoisotopic (exact) mass is 431 g/mol. The number of para-hydroxylation sites is 2. The molecule has 4 aromatic rings. The number of imide groups is 1. The molecule has 0 radical (unpaired) electrons. The fraction of sp³-hybridized carbons (Fsp3) is 0.125. The first-order chi connectivity index (χ1) is 15.1. The van der Waals surface area contributed by atoms with Gasteiger partial charge in [0.15, 0.2) is 5.58 Å². The van der Waals surface area contributed by atoms with Gasteiger partial charge >= 0.3 is 0 Å². The lowest BCUT2D eigenvalue weighted by Gasteiger charge is -2.16. The lowest BCUT2D eigenvalue weighted by atomic mass is 10.2. The molecule has 6 nitrogen and oxygen atoms in total. The summed E-state index contributed by atoms with van der Waals surface area (Å²) in [4.78, 5) is 31.1. The first-order valence-corrected chi connectivity index (χ1v) is 10.3. The van der Waals surface area contributed by atoms with E-state index in [-0.39, 0.29) is 18.2 Å². The molecule has 0 saturated carbocycles. The fourth-order valence-electron chi connectivity index (χ4n) is 3.65. The number of halogens is 1. The number of fused-ring (bicyclic) bond motifs is 1. The van der Waals surface area contributed by atoms with Gasteiger partial charge in [0.1, 0.15) is 5.52 Å². The van der Waals surface area contributed by atoms with Gasteiger partial charge in [-0.2, -0.15) is 0 Å². The van der Waals surface area contributed by atoms with Crippen LogP contribution in [-0.4, -0.2) is 22.8 Å². The number of rotatable bonds is 5. The zero-order chi connectivity index (χ0) is 21.4. The highest BCUT2D eigenvalue weighted by Crippen LogP contribution is 2.28. The van der Waals surface area contributed by atoms with Crippen molar-refractivity contribution in [3.63, 3.8) is 0 Å². The van der Waals surface area contributed by atoms with Gasteiger partial charge in [-0.15, -0.1) is 0 Å². The summed E-state index contributed by atoms with van der Waals surface area (Å²) < 4.78 is 5.78. The summed E-state index contributed by atoms with van der Waals surface area (Å²) in [5, 5.41) is 3.83. The van der Waals surface area contributed by atoms with Crippen LogP contribution in [0.3, 0.4) is 0 Å². The quantitative estimate of drug-likeness (QED) is 0.468. The van der Waals surface area contributed by atoms with Crippen molar-refractivity contribution in [2.24, 2.45) is 0 Å². The molecule has 1 aliphatic rings. The number of hydrogen-bond donors (Lipinski definition) is 1. The van der Waals surface area contributed by atoms with E-state index in [1.807, 2.05) is 36.4 Å². The van der Waals surface area contributed by atoms with Crippen LogP contribution < -0.4 is 10.2 Å². The molecule has 1 saturated heterocycles. The number of nitrogens with zero attached hydrogens (tertiary/aromatic N) is 2. The van der Waals surface area contributed by atoms with E-state index in [0.29, 0.717) is 28.7 Å². The molecule has 1 fully saturated rings. The second kappa shape index (κ2) is 7.98. The smallest absolute Gasteiger partial charge is 0.251 e. The Morgan fingerprint density at radius 2 is 1.74 bits per heavy atom. The van der Waals surface area contributed by atoms with Crippen LogP contribution in [0.15, 0.2) is 77.2 Å². The number of amides is 2. The van der Waals surface area contributed by atoms with Crippen LogP contribution in [0.25, 0.3) is 22.6 Å². The minimum absolute atomic E-state index is 0.124. The van der Waals surface area contributed by atoms with Gasteiger partial charge in [0.2, 0.25) is 11.8 Å². The Bertz CT molecular complexity index is 1230. The third-order valence-corrected chi connectivity index (χ3v) is 5.53. The first-order valence-electron chi connectivity index (χ1n) is 9.89. The molecule has 0 bridgehead atoms. The predicted octanol–water partition coefficient (Wildman–Crippen LogP) is 4.57. The molecule has 1 aromatic heterocycles. The largest absolute Gasteiger partial charge is 0.436 e. The van der Waals surface area contributed by atoms with Gasteiger partial charge in [-0.3, -0.25) is 9.59 Å². The van der Waals surface area contributed by atoms with E-state index in [4.69, 9.17) is 16.0 Å². The van der Waals surface area contributed by atoms with E-state index in [0.717, 1.165) is 16.6 Å². The predicted molar refractivity (Wildman–Crippen MR) is 119 cm³/mol. The second-order valence-corrected chi connectivity index (χ2v) is 7.80. The summed E-state index contributed by atoms with van der Waals surface area (Å²) in [5.74, 6) is 0.0103. The third kappa shape index (κ3) is 3.83. The Balaban J connectivity index is 1.30. The van der Waals surface area contributed by atoms with Gasteiger partial charge in [0.25, 0.3) is 5.91 Å². The zero-order valence-electron chi connectivity index (χ0n) is 16.4.